The number of hydrogen-bond donors (Lipinski definition) is 1. The number of rotatable bonds is 7. The lowest BCUT2D eigenvalue weighted by molar-refractivity contribution is 0.597. The molecule has 1 unspecified atom stereocenters. The molecule has 0 aromatic carbocycles. The summed E-state index contributed by atoms with van der Waals surface area (Å²) in [5.74, 6) is 3.66. The van der Waals surface area contributed by atoms with Gasteiger partial charge in [-0.25, -0.2) is 4.98 Å². The van der Waals surface area contributed by atoms with E-state index in [-0.39, 0.29) is 0 Å². The molecule has 0 saturated carbocycles. The van der Waals surface area contributed by atoms with E-state index in [9.17, 15) is 0 Å². The van der Waals surface area contributed by atoms with E-state index in [2.05, 4.69) is 54.0 Å². The van der Waals surface area contributed by atoms with Gasteiger partial charge in [-0.1, -0.05) is 19.8 Å². The quantitative estimate of drug-likeness (QED) is 0.748. The molecule has 1 aromatic rings. The predicted molar refractivity (Wildman–Crippen MR) is 77.7 cm³/mol. The highest BCUT2D eigenvalue weighted by Crippen LogP contribution is 2.18. The molecule has 0 amide bonds. The maximum Gasteiger partial charge on any atom is 0.129 e. The fraction of sp³-hybridized carbons (Fsp3) is 0.533. The van der Waals surface area contributed by atoms with Gasteiger partial charge in [-0.15, -0.1) is 6.42 Å². The van der Waals surface area contributed by atoms with Crippen LogP contribution in [0.3, 0.4) is 0 Å². The molecule has 1 aromatic heterocycles. The molecule has 18 heavy (non-hydrogen) atoms. The molecule has 3 nitrogen and oxygen atoms in total. The number of hydrogen-bond acceptors (Lipinski definition) is 3. The van der Waals surface area contributed by atoms with Gasteiger partial charge in [-0.2, -0.15) is 0 Å². The van der Waals surface area contributed by atoms with Crippen molar-refractivity contribution >= 4 is 5.82 Å². The van der Waals surface area contributed by atoms with Crippen LogP contribution in [0.1, 0.15) is 38.8 Å². The lowest BCUT2D eigenvalue weighted by Crippen LogP contribution is -2.26. The summed E-state index contributed by atoms with van der Waals surface area (Å²) in [5, 5.41) is 3.41. The van der Waals surface area contributed by atoms with Crippen LogP contribution in [-0.4, -0.2) is 24.6 Å². The molecule has 0 radical (unpaired) electrons. The minimum atomic E-state index is 0.339. The van der Waals surface area contributed by atoms with E-state index in [0.717, 1.165) is 25.3 Å². The van der Waals surface area contributed by atoms with E-state index in [1.54, 1.807) is 0 Å². The SMILES string of the molecule is C#CCN(CCC)c1cc(C(C)NCC)ccn1. The van der Waals surface area contributed by atoms with E-state index < -0.39 is 0 Å². The Morgan fingerprint density at radius 2 is 2.28 bits per heavy atom. The molecule has 98 valence electrons. The van der Waals surface area contributed by atoms with Crippen molar-refractivity contribution in [3.63, 3.8) is 0 Å². The van der Waals surface area contributed by atoms with Crippen LogP contribution in [0.4, 0.5) is 5.82 Å². The fourth-order valence-corrected chi connectivity index (χ4v) is 1.96. The second kappa shape index (κ2) is 7.73. The summed E-state index contributed by atoms with van der Waals surface area (Å²) in [6.07, 6.45) is 8.34. The third kappa shape index (κ3) is 4.05. The van der Waals surface area contributed by atoms with Gasteiger partial charge >= 0.3 is 0 Å². The second-order valence-electron chi connectivity index (χ2n) is 4.35. The molecule has 0 aliphatic rings. The molecule has 0 fully saturated rings. The Bertz CT molecular complexity index is 395. The minimum Gasteiger partial charge on any atom is -0.345 e. The standard InChI is InChI=1S/C15H23N3/c1-5-10-18(11-6-2)15-12-14(8-9-17-15)13(4)16-7-3/h1,8-9,12-13,16H,6-7,10-11H2,2-4H3. The van der Waals surface area contributed by atoms with Crippen molar-refractivity contribution in [1.82, 2.24) is 10.3 Å². The molecule has 0 aliphatic carbocycles. The molecular weight excluding hydrogens is 222 g/mol. The Morgan fingerprint density at radius 1 is 1.50 bits per heavy atom. The second-order valence-corrected chi connectivity index (χ2v) is 4.35. The van der Waals surface area contributed by atoms with E-state index in [1.165, 1.54) is 5.56 Å². The predicted octanol–water partition coefficient (Wildman–Crippen LogP) is 2.60. The highest BCUT2D eigenvalue weighted by Gasteiger charge is 2.09. The molecule has 0 bridgehead atoms. The average Bonchev–Trinajstić information content (AvgIpc) is 2.39. The molecule has 0 aliphatic heterocycles. The summed E-state index contributed by atoms with van der Waals surface area (Å²) in [6, 6.07) is 4.52. The van der Waals surface area contributed by atoms with E-state index in [0.29, 0.717) is 12.6 Å². The van der Waals surface area contributed by atoms with Crippen molar-refractivity contribution < 1.29 is 0 Å². The van der Waals surface area contributed by atoms with Crippen LogP contribution in [0.25, 0.3) is 0 Å². The summed E-state index contributed by atoms with van der Waals surface area (Å²) in [6.45, 7) is 8.93. The van der Waals surface area contributed by atoms with Crippen molar-refractivity contribution in [2.45, 2.75) is 33.2 Å². The summed E-state index contributed by atoms with van der Waals surface area (Å²) < 4.78 is 0. The van der Waals surface area contributed by atoms with Crippen molar-refractivity contribution in [2.75, 3.05) is 24.5 Å². The molecule has 1 atom stereocenters. The monoisotopic (exact) mass is 245 g/mol. The van der Waals surface area contributed by atoms with Crippen LogP contribution in [-0.2, 0) is 0 Å². The molecule has 3 heteroatoms. The normalized spacial score (nSPS) is 11.9. The third-order valence-corrected chi connectivity index (χ3v) is 2.88. The zero-order chi connectivity index (χ0) is 13.4. The van der Waals surface area contributed by atoms with Gasteiger partial charge in [0.25, 0.3) is 0 Å². The average molecular weight is 245 g/mol. The molecule has 0 saturated heterocycles. The first-order valence-corrected chi connectivity index (χ1v) is 6.60. The largest absolute Gasteiger partial charge is 0.345 e. The number of aromatic nitrogens is 1. The number of nitrogens with zero attached hydrogens (tertiary/aromatic N) is 2. The fourth-order valence-electron chi connectivity index (χ4n) is 1.96. The first kappa shape index (κ1) is 14.5. The Balaban J connectivity index is 2.88. The zero-order valence-electron chi connectivity index (χ0n) is 11.6. The lowest BCUT2D eigenvalue weighted by Gasteiger charge is -2.22. The first-order chi connectivity index (χ1) is 8.72. The molecule has 1 rings (SSSR count). The van der Waals surface area contributed by atoms with Crippen LogP contribution < -0.4 is 10.2 Å². The lowest BCUT2D eigenvalue weighted by atomic mass is 10.1. The van der Waals surface area contributed by atoms with Gasteiger partial charge in [0.1, 0.15) is 5.82 Å². The highest BCUT2D eigenvalue weighted by molar-refractivity contribution is 5.43. The Kier molecular flexibility index (Phi) is 6.24. The van der Waals surface area contributed by atoms with Gasteiger partial charge in [-0.3, -0.25) is 0 Å². The van der Waals surface area contributed by atoms with Crippen LogP contribution in [0, 0.1) is 12.3 Å². The number of anilines is 1. The Hall–Kier alpha value is -1.53. The maximum atomic E-state index is 5.41. The Morgan fingerprint density at radius 3 is 2.89 bits per heavy atom. The van der Waals surface area contributed by atoms with Gasteiger partial charge in [-0.05, 0) is 37.6 Å². The van der Waals surface area contributed by atoms with Crippen LogP contribution in [0.2, 0.25) is 0 Å². The van der Waals surface area contributed by atoms with Crippen LogP contribution in [0.5, 0.6) is 0 Å². The van der Waals surface area contributed by atoms with Crippen molar-refractivity contribution in [1.29, 1.82) is 0 Å². The number of terminal acetylenes is 1. The molecule has 0 spiro atoms. The maximum absolute atomic E-state index is 5.41. The van der Waals surface area contributed by atoms with Gasteiger partial charge < -0.3 is 10.2 Å². The zero-order valence-corrected chi connectivity index (χ0v) is 11.6. The number of nitrogens with one attached hydrogen (secondary N) is 1. The first-order valence-electron chi connectivity index (χ1n) is 6.60. The van der Waals surface area contributed by atoms with E-state index >= 15 is 0 Å². The van der Waals surface area contributed by atoms with Gasteiger partial charge in [0.2, 0.25) is 0 Å². The third-order valence-electron chi connectivity index (χ3n) is 2.88. The van der Waals surface area contributed by atoms with Crippen molar-refractivity contribution in [3.8, 4) is 12.3 Å². The highest BCUT2D eigenvalue weighted by atomic mass is 15.2. The van der Waals surface area contributed by atoms with Gasteiger partial charge in [0.05, 0.1) is 6.54 Å². The summed E-state index contributed by atoms with van der Waals surface area (Å²) in [4.78, 5) is 6.56. The molecule has 1 heterocycles. The topological polar surface area (TPSA) is 28.2 Å². The van der Waals surface area contributed by atoms with E-state index in [4.69, 9.17) is 6.42 Å². The molecular formula is C15H23N3. The molecule has 1 N–H and O–H groups in total. The minimum absolute atomic E-state index is 0.339. The van der Waals surface area contributed by atoms with Crippen LogP contribution >= 0.6 is 0 Å². The smallest absolute Gasteiger partial charge is 0.129 e. The van der Waals surface area contributed by atoms with Gasteiger partial charge in [0.15, 0.2) is 0 Å². The van der Waals surface area contributed by atoms with E-state index in [1.807, 2.05) is 6.20 Å². The summed E-state index contributed by atoms with van der Waals surface area (Å²) in [7, 11) is 0. The van der Waals surface area contributed by atoms with Crippen molar-refractivity contribution in [2.24, 2.45) is 0 Å². The summed E-state index contributed by atoms with van der Waals surface area (Å²) >= 11 is 0. The summed E-state index contributed by atoms with van der Waals surface area (Å²) in [5.41, 5.74) is 1.25. The van der Waals surface area contributed by atoms with Gasteiger partial charge in [0, 0.05) is 18.8 Å². The Labute approximate surface area is 111 Å². The van der Waals surface area contributed by atoms with Crippen molar-refractivity contribution in [3.05, 3.63) is 23.9 Å². The van der Waals surface area contributed by atoms with Crippen LogP contribution in [0.15, 0.2) is 18.3 Å². The number of pyridine rings is 1.